The molecule has 194 valence electrons. The highest BCUT2D eigenvalue weighted by molar-refractivity contribution is 7.31. The molecule has 0 radical (unpaired) electrons. The van der Waals surface area contributed by atoms with Gasteiger partial charge in [0.05, 0.1) is 27.2 Å². The van der Waals surface area contributed by atoms with Gasteiger partial charge in [-0.15, -0.1) is 0 Å². The highest BCUT2D eigenvalue weighted by Gasteiger charge is 2.20. The number of hydrogen-bond acceptors (Lipinski definition) is 8. The molecule has 1 fully saturated rings. The molecule has 0 bridgehead atoms. The van der Waals surface area contributed by atoms with Gasteiger partial charge in [-0.25, -0.2) is 4.99 Å². The number of carbonyl (C=O) groups is 1. The molecule has 1 amide bonds. The van der Waals surface area contributed by atoms with Crippen LogP contribution in [0.15, 0.2) is 60.0 Å². The van der Waals surface area contributed by atoms with Gasteiger partial charge in [-0.2, -0.15) is 5.26 Å². The molecule has 1 unspecified atom stereocenters. The number of ether oxygens (including phenoxy) is 1. The van der Waals surface area contributed by atoms with E-state index in [4.69, 9.17) is 15.0 Å². The molecule has 1 heterocycles. The van der Waals surface area contributed by atoms with E-state index in [-0.39, 0.29) is 14.7 Å². The SMILES string of the molecule is C=C(/N=C\C(=CN)c1ccc(C#N)c(OPC)c1)Nc1cc(C(=O)N2CCCN(C)CC2)ccc1OC. The van der Waals surface area contributed by atoms with E-state index in [9.17, 15) is 10.1 Å². The van der Waals surface area contributed by atoms with Gasteiger partial charge in [-0.1, -0.05) is 12.6 Å². The molecule has 10 heteroatoms. The number of nitriles is 1. The number of amides is 1. The number of carbonyl (C=O) groups excluding carboxylic acids is 1. The zero-order valence-corrected chi connectivity index (χ0v) is 22.5. The molecule has 2 aromatic carbocycles. The van der Waals surface area contributed by atoms with Crippen LogP contribution < -0.4 is 20.3 Å². The summed E-state index contributed by atoms with van der Waals surface area (Å²) in [5, 5.41) is 12.4. The molecule has 9 nitrogen and oxygen atoms in total. The second-order valence-corrected chi connectivity index (χ2v) is 9.06. The lowest BCUT2D eigenvalue weighted by molar-refractivity contribution is 0.0763. The second kappa shape index (κ2) is 13.4. The average molecular weight is 521 g/mol. The van der Waals surface area contributed by atoms with Gasteiger partial charge < -0.3 is 30.1 Å². The summed E-state index contributed by atoms with van der Waals surface area (Å²) in [6, 6.07) is 12.6. The lowest BCUT2D eigenvalue weighted by Gasteiger charge is -2.21. The Hall–Kier alpha value is -3.86. The van der Waals surface area contributed by atoms with E-state index in [1.54, 1.807) is 49.7 Å². The zero-order valence-electron chi connectivity index (χ0n) is 21.5. The number of hydrogen-bond donors (Lipinski definition) is 2. The molecule has 3 rings (SSSR count). The van der Waals surface area contributed by atoms with Crippen molar-refractivity contribution in [3.05, 3.63) is 71.7 Å². The smallest absolute Gasteiger partial charge is 0.253 e. The van der Waals surface area contributed by atoms with Crippen LogP contribution in [0.25, 0.3) is 5.57 Å². The van der Waals surface area contributed by atoms with Crippen molar-refractivity contribution < 1.29 is 14.1 Å². The molecule has 1 aliphatic rings. The average Bonchev–Trinajstić information content (AvgIpc) is 3.13. The number of methoxy groups -OCH3 is 1. The number of benzene rings is 2. The first kappa shape index (κ1) is 27.7. The first-order chi connectivity index (χ1) is 17.9. The number of aliphatic imine (C=N–C) groups is 1. The lowest BCUT2D eigenvalue weighted by atomic mass is 10.1. The van der Waals surface area contributed by atoms with E-state index >= 15 is 0 Å². The summed E-state index contributed by atoms with van der Waals surface area (Å²) in [6.45, 7) is 9.11. The van der Waals surface area contributed by atoms with Crippen LogP contribution in [-0.2, 0) is 0 Å². The van der Waals surface area contributed by atoms with Gasteiger partial charge in [0.2, 0.25) is 0 Å². The van der Waals surface area contributed by atoms with Crippen molar-refractivity contribution in [2.75, 3.05) is 52.3 Å². The van der Waals surface area contributed by atoms with E-state index in [0.717, 1.165) is 31.6 Å². The van der Waals surface area contributed by atoms with Gasteiger partial charge >= 0.3 is 0 Å². The van der Waals surface area contributed by atoms with Crippen molar-refractivity contribution in [2.45, 2.75) is 6.42 Å². The number of nitrogens with one attached hydrogen (secondary N) is 1. The number of nitrogens with zero attached hydrogens (tertiary/aromatic N) is 4. The van der Waals surface area contributed by atoms with Crippen molar-refractivity contribution in [3.63, 3.8) is 0 Å². The van der Waals surface area contributed by atoms with E-state index in [2.05, 4.69) is 34.9 Å². The fraction of sp³-hybridized carbons (Fsp3) is 0.296. The molecule has 2 aromatic rings. The number of allylic oxidation sites excluding steroid dienone is 1. The predicted molar refractivity (Wildman–Crippen MR) is 150 cm³/mol. The molecule has 0 aromatic heterocycles. The Morgan fingerprint density at radius 2 is 1.97 bits per heavy atom. The Morgan fingerprint density at radius 3 is 2.68 bits per heavy atom. The zero-order chi connectivity index (χ0) is 26.8. The molecular formula is C27H33N6O3P. The monoisotopic (exact) mass is 520 g/mol. The van der Waals surface area contributed by atoms with Crippen molar-refractivity contribution in [1.29, 1.82) is 5.26 Å². The van der Waals surface area contributed by atoms with Gasteiger partial charge in [0.15, 0.2) is 0 Å². The van der Waals surface area contributed by atoms with E-state index in [1.165, 1.54) is 6.20 Å². The topological polar surface area (TPSA) is 116 Å². The third-order valence-electron chi connectivity index (χ3n) is 5.92. The highest BCUT2D eigenvalue weighted by atomic mass is 31.1. The van der Waals surface area contributed by atoms with Crippen LogP contribution in [0.5, 0.6) is 11.5 Å². The van der Waals surface area contributed by atoms with Gasteiger partial charge in [-0.05, 0) is 62.6 Å². The standard InChI is InChI=1S/C27H33N6O3P/c1-19(30-18-23(17-29)20-6-7-22(16-28)26(15-20)36-37-4)31-24-14-21(8-9-25(24)35-3)27(34)33-11-5-10-32(2)12-13-33/h6-9,14-15,17-18,31,37H,1,5,10-13,29H2,2-4H3/b23-17?,30-18-. The summed E-state index contributed by atoms with van der Waals surface area (Å²) in [6.07, 6.45) is 3.94. The van der Waals surface area contributed by atoms with Crippen LogP contribution in [0.3, 0.4) is 0 Å². The molecule has 1 atom stereocenters. The van der Waals surface area contributed by atoms with Crippen LogP contribution >= 0.6 is 8.81 Å². The first-order valence-corrected chi connectivity index (χ1v) is 13.3. The highest BCUT2D eigenvalue weighted by Crippen LogP contribution is 2.29. The largest absolute Gasteiger partial charge is 0.495 e. The molecule has 1 aliphatic heterocycles. The second-order valence-electron chi connectivity index (χ2n) is 8.44. The summed E-state index contributed by atoms with van der Waals surface area (Å²) in [5.41, 5.74) is 8.82. The van der Waals surface area contributed by atoms with Crippen LogP contribution in [-0.4, -0.2) is 68.9 Å². The van der Waals surface area contributed by atoms with E-state index in [0.29, 0.717) is 46.3 Å². The minimum atomic E-state index is -0.0185. The predicted octanol–water partition coefficient (Wildman–Crippen LogP) is 3.90. The minimum absolute atomic E-state index is 0.0185. The van der Waals surface area contributed by atoms with Crippen LogP contribution in [0.1, 0.15) is 27.9 Å². The third-order valence-corrected chi connectivity index (χ3v) is 6.34. The Kier molecular flexibility index (Phi) is 10.1. The number of anilines is 1. The third kappa shape index (κ3) is 7.32. The quantitative estimate of drug-likeness (QED) is 0.381. The first-order valence-electron chi connectivity index (χ1n) is 11.9. The van der Waals surface area contributed by atoms with Crippen molar-refractivity contribution in [3.8, 4) is 17.6 Å². The lowest BCUT2D eigenvalue weighted by Crippen LogP contribution is -2.34. The molecule has 3 N–H and O–H groups in total. The number of likely N-dealkylation sites (N-methyl/N-ethyl adjacent to an activating group) is 1. The van der Waals surface area contributed by atoms with Crippen molar-refractivity contribution in [1.82, 2.24) is 9.80 Å². The maximum absolute atomic E-state index is 13.2. The Bertz CT molecular complexity index is 1240. The maximum atomic E-state index is 13.2. The van der Waals surface area contributed by atoms with Crippen LogP contribution in [0.4, 0.5) is 5.69 Å². The fourth-order valence-electron chi connectivity index (χ4n) is 3.91. The Balaban J connectivity index is 1.76. The molecule has 1 saturated heterocycles. The summed E-state index contributed by atoms with van der Waals surface area (Å²) in [4.78, 5) is 21.7. The summed E-state index contributed by atoms with van der Waals surface area (Å²) in [7, 11) is 3.84. The maximum Gasteiger partial charge on any atom is 0.253 e. The molecule has 0 spiro atoms. The van der Waals surface area contributed by atoms with Gasteiger partial charge in [0.25, 0.3) is 5.91 Å². The minimum Gasteiger partial charge on any atom is -0.495 e. The van der Waals surface area contributed by atoms with Gasteiger partial charge in [-0.3, -0.25) is 4.79 Å². The van der Waals surface area contributed by atoms with Crippen LogP contribution in [0.2, 0.25) is 0 Å². The Morgan fingerprint density at radius 1 is 1.19 bits per heavy atom. The molecular weight excluding hydrogens is 487 g/mol. The number of rotatable bonds is 9. The fourth-order valence-corrected chi connectivity index (χ4v) is 4.30. The van der Waals surface area contributed by atoms with Crippen LogP contribution in [0, 0.1) is 11.3 Å². The summed E-state index contributed by atoms with van der Waals surface area (Å²) < 4.78 is 11.1. The van der Waals surface area contributed by atoms with Gasteiger partial charge in [0, 0.05) is 43.2 Å². The van der Waals surface area contributed by atoms with Crippen molar-refractivity contribution in [2.24, 2.45) is 10.7 Å². The molecule has 37 heavy (non-hydrogen) atoms. The van der Waals surface area contributed by atoms with Crippen molar-refractivity contribution >= 4 is 32.2 Å². The summed E-state index contributed by atoms with van der Waals surface area (Å²) in [5.74, 6) is 1.37. The van der Waals surface area contributed by atoms with E-state index < -0.39 is 0 Å². The molecule has 0 saturated carbocycles. The summed E-state index contributed by atoms with van der Waals surface area (Å²) >= 11 is 0. The molecule has 0 aliphatic carbocycles. The number of nitrogens with two attached hydrogens (primary N) is 1. The van der Waals surface area contributed by atoms with E-state index in [1.807, 2.05) is 11.6 Å². The Labute approximate surface area is 220 Å². The normalized spacial score (nSPS) is 15.0. The van der Waals surface area contributed by atoms with Gasteiger partial charge in [0.1, 0.15) is 23.4 Å².